The Labute approximate surface area is 324 Å². The van der Waals surface area contributed by atoms with Crippen LogP contribution in [0.5, 0.6) is 5.75 Å². The molecule has 53 heavy (non-hydrogen) atoms. The topological polar surface area (TPSA) is 80.3 Å². The van der Waals surface area contributed by atoms with Crippen molar-refractivity contribution in [3.05, 3.63) is 53.6 Å². The number of benzene rings is 1. The minimum Gasteiger partial charge on any atom is -0.478 e. The van der Waals surface area contributed by atoms with Crippen molar-refractivity contribution in [3.8, 4) is 5.75 Å². The minimum absolute atomic E-state index is 0.00356. The Bertz CT molecular complexity index is 1490. The van der Waals surface area contributed by atoms with E-state index < -0.39 is 22.7 Å². The van der Waals surface area contributed by atoms with E-state index in [1.165, 1.54) is 5.57 Å². The Hall–Kier alpha value is -2.21. The monoisotopic (exact) mass is 768 g/mol. The standard InChI is InChI=1S/C44H72O7Si2/c1-16-36(48-37-20-18-17-19-35(37)42(3,4)5)41(46)49-38-27-32(50-52(12,13)43(6,7)8)25-30-22-21-29(2)34(40(30)38)24-23-31-26-33(28-39(45)47-31)51-53(14,15)44(9,10)11/h17-22,25,29,31-34,36,38,40H,16,23-24,26-28H2,1-15H3/t29-,31+,32+,33+,34-,36?,38-,40-/m0/s1. The smallest absolute Gasteiger partial charge is 0.347 e. The molecule has 2 aliphatic carbocycles. The Morgan fingerprint density at radius 1 is 0.906 bits per heavy atom. The van der Waals surface area contributed by atoms with Crippen LogP contribution < -0.4 is 4.74 Å². The molecule has 7 nitrogen and oxygen atoms in total. The molecule has 1 aliphatic heterocycles. The quantitative estimate of drug-likeness (QED) is 0.155. The zero-order valence-corrected chi connectivity index (χ0v) is 37.8. The van der Waals surface area contributed by atoms with Gasteiger partial charge in [-0.3, -0.25) is 4.79 Å². The van der Waals surface area contributed by atoms with Crippen LogP contribution in [0.1, 0.15) is 120 Å². The predicted molar refractivity (Wildman–Crippen MR) is 220 cm³/mol. The lowest BCUT2D eigenvalue weighted by Gasteiger charge is -2.46. The Balaban J connectivity index is 1.60. The molecule has 1 saturated heterocycles. The van der Waals surface area contributed by atoms with Gasteiger partial charge in [0.05, 0.1) is 18.6 Å². The molecule has 4 rings (SSSR count). The third kappa shape index (κ3) is 10.8. The molecular formula is C44H72O7Si2. The van der Waals surface area contributed by atoms with E-state index in [9.17, 15) is 9.59 Å². The van der Waals surface area contributed by atoms with E-state index in [1.54, 1.807) is 0 Å². The van der Waals surface area contributed by atoms with E-state index in [0.717, 1.165) is 30.6 Å². The number of esters is 2. The number of carbonyl (C=O) groups is 2. The molecule has 0 aromatic heterocycles. The number of rotatable bonds is 12. The first-order valence-corrected chi connectivity index (χ1v) is 26.1. The summed E-state index contributed by atoms with van der Waals surface area (Å²) in [7, 11) is -4.17. The summed E-state index contributed by atoms with van der Waals surface area (Å²) in [6.07, 6.45) is 8.92. The second-order valence-corrected chi connectivity index (χ2v) is 29.6. The lowest BCUT2D eigenvalue weighted by atomic mass is 9.66. The van der Waals surface area contributed by atoms with Crippen LogP contribution in [0.4, 0.5) is 0 Å². The highest BCUT2D eigenvalue weighted by Crippen LogP contribution is 2.47. The molecule has 1 aromatic carbocycles. The molecule has 0 amide bonds. The van der Waals surface area contributed by atoms with Gasteiger partial charge in [-0.1, -0.05) is 113 Å². The summed E-state index contributed by atoms with van der Waals surface area (Å²) < 4.78 is 32.8. The van der Waals surface area contributed by atoms with Crippen molar-refractivity contribution in [2.24, 2.45) is 17.8 Å². The number of allylic oxidation sites excluding steroid dienone is 2. The number of para-hydroxylation sites is 1. The van der Waals surface area contributed by atoms with Crippen LogP contribution in [-0.2, 0) is 33.3 Å². The summed E-state index contributed by atoms with van der Waals surface area (Å²) in [6.45, 7) is 33.2. The number of cyclic esters (lactones) is 1. The normalized spacial score (nSPS) is 27.7. The number of fused-ring (bicyclic) bond motifs is 1. The van der Waals surface area contributed by atoms with Crippen LogP contribution in [0.25, 0.3) is 0 Å². The van der Waals surface area contributed by atoms with Crippen molar-refractivity contribution in [2.45, 2.75) is 187 Å². The lowest BCUT2D eigenvalue weighted by Crippen LogP contribution is -2.49. The molecule has 0 bridgehead atoms. The third-order valence-corrected chi connectivity index (χ3v) is 21.8. The van der Waals surface area contributed by atoms with Crippen molar-refractivity contribution in [2.75, 3.05) is 0 Å². The second kappa shape index (κ2) is 16.5. The Morgan fingerprint density at radius 2 is 1.53 bits per heavy atom. The Kier molecular flexibility index (Phi) is 13.5. The largest absolute Gasteiger partial charge is 0.478 e. The van der Waals surface area contributed by atoms with Crippen LogP contribution in [-0.4, -0.2) is 59.1 Å². The van der Waals surface area contributed by atoms with Crippen LogP contribution in [0.15, 0.2) is 48.1 Å². The van der Waals surface area contributed by atoms with Crippen LogP contribution >= 0.6 is 0 Å². The van der Waals surface area contributed by atoms with Gasteiger partial charge in [-0.2, -0.15) is 0 Å². The molecule has 0 saturated carbocycles. The van der Waals surface area contributed by atoms with Crippen molar-refractivity contribution in [1.82, 2.24) is 0 Å². The van der Waals surface area contributed by atoms with Crippen molar-refractivity contribution in [3.63, 3.8) is 0 Å². The van der Waals surface area contributed by atoms with Gasteiger partial charge in [0.25, 0.3) is 0 Å². The van der Waals surface area contributed by atoms with Crippen LogP contribution in [0.2, 0.25) is 36.3 Å². The zero-order valence-electron chi connectivity index (χ0n) is 35.8. The lowest BCUT2D eigenvalue weighted by molar-refractivity contribution is -0.164. The van der Waals surface area contributed by atoms with Gasteiger partial charge in [-0.05, 0) is 90.0 Å². The molecular weight excluding hydrogens is 697 g/mol. The highest BCUT2D eigenvalue weighted by atomic mass is 28.4. The highest BCUT2D eigenvalue weighted by Gasteiger charge is 2.47. The van der Waals surface area contributed by atoms with Gasteiger partial charge in [0, 0.05) is 18.8 Å². The predicted octanol–water partition coefficient (Wildman–Crippen LogP) is 11.1. The highest BCUT2D eigenvalue weighted by molar-refractivity contribution is 6.74. The van der Waals surface area contributed by atoms with E-state index in [0.29, 0.717) is 19.3 Å². The summed E-state index contributed by atoms with van der Waals surface area (Å²) in [4.78, 5) is 27.1. The maximum absolute atomic E-state index is 14.2. The summed E-state index contributed by atoms with van der Waals surface area (Å²) in [5, 5.41) is 0.104. The van der Waals surface area contributed by atoms with Crippen molar-refractivity contribution in [1.29, 1.82) is 0 Å². The first-order chi connectivity index (χ1) is 24.3. The first kappa shape index (κ1) is 43.5. The summed E-state index contributed by atoms with van der Waals surface area (Å²) >= 11 is 0. The SMILES string of the molecule is CCC(Oc1ccccc1C(C)(C)C)C(=O)O[C@H]1C[C@H](O[Si](C)(C)C(C)(C)C)C=C2C=C[C@H](C)[C@H](CC[C@@H]3C[C@@H](O[Si](C)(C)C(C)(C)C)CC(=O)O3)[C@H]21. The number of hydrogen-bond acceptors (Lipinski definition) is 7. The number of hydrogen-bond donors (Lipinski definition) is 0. The molecule has 0 N–H and O–H groups in total. The van der Waals surface area contributed by atoms with E-state index in [4.69, 9.17) is 23.1 Å². The zero-order chi connectivity index (χ0) is 39.7. The molecule has 1 heterocycles. The van der Waals surface area contributed by atoms with Gasteiger partial charge in [0.2, 0.25) is 0 Å². The van der Waals surface area contributed by atoms with Gasteiger partial charge in [-0.25, -0.2) is 4.79 Å². The van der Waals surface area contributed by atoms with Crippen molar-refractivity contribution < 1.29 is 32.7 Å². The van der Waals surface area contributed by atoms with Gasteiger partial charge >= 0.3 is 11.9 Å². The first-order valence-electron chi connectivity index (χ1n) is 20.2. The van der Waals surface area contributed by atoms with Crippen molar-refractivity contribution >= 4 is 28.6 Å². The fraction of sp³-hybridized carbons (Fsp3) is 0.727. The average molecular weight is 769 g/mol. The maximum atomic E-state index is 14.2. The number of carbonyl (C=O) groups excluding carboxylic acids is 2. The van der Waals surface area contributed by atoms with Crippen LogP contribution in [0.3, 0.4) is 0 Å². The maximum Gasteiger partial charge on any atom is 0.347 e. The molecule has 8 atom stereocenters. The second-order valence-electron chi connectivity index (χ2n) is 20.1. The van der Waals surface area contributed by atoms with Gasteiger partial charge in [0.1, 0.15) is 18.0 Å². The molecule has 1 aromatic rings. The van der Waals surface area contributed by atoms with Crippen LogP contribution in [0, 0.1) is 17.8 Å². The molecule has 0 radical (unpaired) electrons. The summed E-state index contributed by atoms with van der Waals surface area (Å²) in [6, 6.07) is 7.99. The van der Waals surface area contributed by atoms with Gasteiger partial charge in [0.15, 0.2) is 22.7 Å². The fourth-order valence-corrected chi connectivity index (χ4v) is 10.2. The molecule has 3 aliphatic rings. The molecule has 0 spiro atoms. The Morgan fingerprint density at radius 3 is 2.13 bits per heavy atom. The summed E-state index contributed by atoms with van der Waals surface area (Å²) in [5.74, 6) is 0.665. The molecule has 298 valence electrons. The molecule has 1 unspecified atom stereocenters. The fourth-order valence-electron chi connectivity index (χ4n) is 7.56. The van der Waals surface area contributed by atoms with E-state index in [-0.39, 0.29) is 69.6 Å². The third-order valence-electron chi connectivity index (χ3n) is 12.8. The molecule has 9 heteroatoms. The van der Waals surface area contributed by atoms with E-state index in [2.05, 4.69) is 120 Å². The minimum atomic E-state index is -2.12. The summed E-state index contributed by atoms with van der Waals surface area (Å²) in [5.41, 5.74) is 2.09. The van der Waals surface area contributed by atoms with E-state index >= 15 is 0 Å². The average Bonchev–Trinajstić information content (AvgIpc) is 3.01. The van der Waals surface area contributed by atoms with E-state index in [1.807, 2.05) is 25.1 Å². The van der Waals surface area contributed by atoms with Gasteiger partial charge in [-0.15, -0.1) is 0 Å². The molecule has 1 fully saturated rings. The number of ether oxygens (including phenoxy) is 3. The van der Waals surface area contributed by atoms with Gasteiger partial charge < -0.3 is 23.1 Å².